The normalized spacial score (nSPS) is 28.0. The summed E-state index contributed by atoms with van der Waals surface area (Å²) in [6.45, 7) is 1.36. The lowest BCUT2D eigenvalue weighted by Gasteiger charge is -2.41. The first-order valence-corrected chi connectivity index (χ1v) is 9.28. The van der Waals surface area contributed by atoms with Gasteiger partial charge in [0.25, 0.3) is 0 Å². The number of piperidine rings is 1. The summed E-state index contributed by atoms with van der Waals surface area (Å²) in [5, 5.41) is 18.0. The highest BCUT2D eigenvalue weighted by molar-refractivity contribution is 5.90. The van der Waals surface area contributed by atoms with Crippen molar-refractivity contribution in [1.29, 1.82) is 0 Å². The van der Waals surface area contributed by atoms with Crippen LogP contribution in [0.1, 0.15) is 24.3 Å². The number of hydrogen-bond donors (Lipinski definition) is 3. The molecule has 1 aromatic carbocycles. The van der Waals surface area contributed by atoms with Crippen LogP contribution in [0.15, 0.2) is 30.3 Å². The molecule has 9 nitrogen and oxygen atoms in total. The van der Waals surface area contributed by atoms with E-state index in [9.17, 15) is 14.4 Å². The number of carboxylic acid groups (broad SMARTS) is 1. The molecule has 0 aliphatic carbocycles. The lowest BCUT2D eigenvalue weighted by Crippen LogP contribution is -2.60. The maximum Gasteiger partial charge on any atom is 0.506 e. The van der Waals surface area contributed by atoms with Gasteiger partial charge < -0.3 is 14.7 Å². The molecular formula is C19H25N3O6. The standard InChI is InChI=1S/C19H25N3O6/c1-21-11-14(28-19(25)26)9-15(17(23)20-27)16(21)18(24)22-8-7-13(10-22)12-5-3-2-4-6-12/h2-6,13-16,27H,7-11H2,1H3,(H,20,23)(H,25,26)/t13-,14?,15?,16?/m0/s1. The second-order valence-corrected chi connectivity index (χ2v) is 7.39. The maximum atomic E-state index is 13.2. The van der Waals surface area contributed by atoms with E-state index in [-0.39, 0.29) is 24.8 Å². The molecule has 0 aromatic heterocycles. The molecule has 4 atom stereocenters. The first-order valence-electron chi connectivity index (χ1n) is 9.28. The number of nitrogens with one attached hydrogen (secondary N) is 1. The molecule has 3 rings (SSSR count). The molecule has 152 valence electrons. The predicted molar refractivity (Wildman–Crippen MR) is 97.7 cm³/mol. The molecule has 2 heterocycles. The summed E-state index contributed by atoms with van der Waals surface area (Å²) >= 11 is 0. The lowest BCUT2D eigenvalue weighted by molar-refractivity contribution is -0.151. The number of hydroxylamine groups is 1. The highest BCUT2D eigenvalue weighted by Crippen LogP contribution is 2.31. The Morgan fingerprint density at radius 2 is 1.89 bits per heavy atom. The Bertz CT molecular complexity index is 728. The molecule has 2 aliphatic rings. The molecule has 3 unspecified atom stereocenters. The van der Waals surface area contributed by atoms with Crippen molar-refractivity contribution < 1.29 is 29.4 Å². The summed E-state index contributed by atoms with van der Waals surface area (Å²) in [5.41, 5.74) is 2.78. The third-order valence-electron chi connectivity index (χ3n) is 5.60. The van der Waals surface area contributed by atoms with E-state index in [1.54, 1.807) is 22.3 Å². The van der Waals surface area contributed by atoms with Gasteiger partial charge in [0, 0.05) is 25.6 Å². The minimum atomic E-state index is -1.43. The number of likely N-dealkylation sites (N-methyl/N-ethyl adjacent to an activating group) is 1. The molecule has 0 saturated carbocycles. The van der Waals surface area contributed by atoms with Crippen LogP contribution in [-0.4, -0.2) is 76.9 Å². The predicted octanol–water partition coefficient (Wildman–Crippen LogP) is 0.891. The minimum Gasteiger partial charge on any atom is -0.450 e. The SMILES string of the molecule is CN1CC(OC(=O)O)CC(C(=O)NO)C1C(=O)N1CC[C@H](c2ccccc2)C1. The summed E-state index contributed by atoms with van der Waals surface area (Å²) < 4.78 is 4.80. The van der Waals surface area contributed by atoms with Gasteiger partial charge in [-0.1, -0.05) is 30.3 Å². The highest BCUT2D eigenvalue weighted by Gasteiger charge is 2.46. The van der Waals surface area contributed by atoms with Crippen molar-refractivity contribution in [3.05, 3.63) is 35.9 Å². The van der Waals surface area contributed by atoms with Gasteiger partial charge in [0.05, 0.1) is 5.92 Å². The van der Waals surface area contributed by atoms with E-state index in [1.165, 1.54) is 5.56 Å². The van der Waals surface area contributed by atoms with Gasteiger partial charge in [0.2, 0.25) is 11.8 Å². The topological polar surface area (TPSA) is 119 Å². The van der Waals surface area contributed by atoms with Crippen LogP contribution in [0.25, 0.3) is 0 Å². The number of ether oxygens (including phenoxy) is 1. The van der Waals surface area contributed by atoms with Crippen molar-refractivity contribution in [2.45, 2.75) is 30.9 Å². The number of rotatable bonds is 4. The Kier molecular flexibility index (Phi) is 6.15. The van der Waals surface area contributed by atoms with E-state index >= 15 is 0 Å². The third-order valence-corrected chi connectivity index (χ3v) is 5.60. The van der Waals surface area contributed by atoms with Crippen molar-refractivity contribution in [3.63, 3.8) is 0 Å². The number of hydrogen-bond acceptors (Lipinski definition) is 6. The summed E-state index contributed by atoms with van der Waals surface area (Å²) in [6, 6.07) is 9.20. The van der Waals surface area contributed by atoms with Crippen LogP contribution in [0.3, 0.4) is 0 Å². The fourth-order valence-corrected chi connectivity index (χ4v) is 4.30. The summed E-state index contributed by atoms with van der Waals surface area (Å²) in [4.78, 5) is 39.6. The number of likely N-dealkylation sites (tertiary alicyclic amines) is 2. The zero-order valence-corrected chi connectivity index (χ0v) is 15.7. The second kappa shape index (κ2) is 8.57. The van der Waals surface area contributed by atoms with E-state index in [0.29, 0.717) is 13.1 Å². The summed E-state index contributed by atoms with van der Waals surface area (Å²) in [7, 11) is 1.66. The van der Waals surface area contributed by atoms with Crippen LogP contribution in [0.2, 0.25) is 0 Å². The molecule has 0 spiro atoms. The van der Waals surface area contributed by atoms with Crippen LogP contribution < -0.4 is 5.48 Å². The molecule has 3 N–H and O–H groups in total. The van der Waals surface area contributed by atoms with Crippen molar-refractivity contribution in [1.82, 2.24) is 15.3 Å². The average molecular weight is 391 g/mol. The zero-order valence-electron chi connectivity index (χ0n) is 15.7. The molecule has 2 aliphatic heterocycles. The number of amides is 2. The Morgan fingerprint density at radius 1 is 1.18 bits per heavy atom. The van der Waals surface area contributed by atoms with Gasteiger partial charge in [0.15, 0.2) is 0 Å². The molecule has 0 bridgehead atoms. The van der Waals surface area contributed by atoms with Gasteiger partial charge in [0.1, 0.15) is 12.1 Å². The Balaban J connectivity index is 1.73. The Hall–Kier alpha value is -2.65. The summed E-state index contributed by atoms with van der Waals surface area (Å²) in [5.74, 6) is -1.57. The summed E-state index contributed by atoms with van der Waals surface area (Å²) in [6.07, 6.45) is -1.30. The highest BCUT2D eigenvalue weighted by atomic mass is 16.7. The van der Waals surface area contributed by atoms with Gasteiger partial charge in [-0.3, -0.25) is 19.7 Å². The number of benzene rings is 1. The maximum absolute atomic E-state index is 13.2. The van der Waals surface area contributed by atoms with Crippen LogP contribution in [0.5, 0.6) is 0 Å². The second-order valence-electron chi connectivity index (χ2n) is 7.39. The molecule has 0 radical (unpaired) electrons. The number of nitrogens with zero attached hydrogens (tertiary/aromatic N) is 2. The van der Waals surface area contributed by atoms with E-state index in [4.69, 9.17) is 15.1 Å². The van der Waals surface area contributed by atoms with Crippen LogP contribution in [0, 0.1) is 5.92 Å². The van der Waals surface area contributed by atoms with E-state index in [2.05, 4.69) is 0 Å². The molecule has 2 amide bonds. The van der Waals surface area contributed by atoms with Crippen molar-refractivity contribution in [3.8, 4) is 0 Å². The average Bonchev–Trinajstić information content (AvgIpc) is 3.17. The van der Waals surface area contributed by atoms with Crippen LogP contribution in [0.4, 0.5) is 4.79 Å². The molecule has 28 heavy (non-hydrogen) atoms. The number of carbonyl (C=O) groups excluding carboxylic acids is 2. The Morgan fingerprint density at radius 3 is 2.54 bits per heavy atom. The van der Waals surface area contributed by atoms with E-state index in [0.717, 1.165) is 6.42 Å². The smallest absolute Gasteiger partial charge is 0.450 e. The molecule has 2 saturated heterocycles. The lowest BCUT2D eigenvalue weighted by atomic mass is 9.86. The van der Waals surface area contributed by atoms with Gasteiger partial charge in [-0.25, -0.2) is 10.3 Å². The molecule has 1 aromatic rings. The fraction of sp³-hybridized carbons (Fsp3) is 0.526. The third kappa shape index (κ3) is 4.26. The zero-order chi connectivity index (χ0) is 20.3. The van der Waals surface area contributed by atoms with Crippen molar-refractivity contribution >= 4 is 18.0 Å². The molecule has 2 fully saturated rings. The van der Waals surface area contributed by atoms with Crippen molar-refractivity contribution in [2.75, 3.05) is 26.7 Å². The van der Waals surface area contributed by atoms with Crippen LogP contribution >= 0.6 is 0 Å². The molecular weight excluding hydrogens is 366 g/mol. The van der Waals surface area contributed by atoms with Gasteiger partial charge in [-0.15, -0.1) is 0 Å². The fourth-order valence-electron chi connectivity index (χ4n) is 4.30. The van der Waals surface area contributed by atoms with Crippen LogP contribution in [-0.2, 0) is 14.3 Å². The first kappa shape index (κ1) is 20.1. The van der Waals surface area contributed by atoms with Crippen molar-refractivity contribution in [2.24, 2.45) is 5.92 Å². The monoisotopic (exact) mass is 391 g/mol. The molecule has 9 heteroatoms. The quantitative estimate of drug-likeness (QED) is 0.396. The van der Waals surface area contributed by atoms with Gasteiger partial charge >= 0.3 is 6.16 Å². The first-order chi connectivity index (χ1) is 13.4. The van der Waals surface area contributed by atoms with Gasteiger partial charge in [-0.05, 0) is 25.5 Å². The van der Waals surface area contributed by atoms with E-state index < -0.39 is 30.1 Å². The Labute approximate surface area is 162 Å². The van der Waals surface area contributed by atoms with E-state index in [1.807, 2.05) is 30.3 Å². The minimum absolute atomic E-state index is 0.0371. The number of carbonyl (C=O) groups is 3. The largest absolute Gasteiger partial charge is 0.506 e. The van der Waals surface area contributed by atoms with Gasteiger partial charge in [-0.2, -0.15) is 0 Å².